The molecule has 6 heteroatoms. The van der Waals surface area contributed by atoms with Gasteiger partial charge in [0.05, 0.1) is 0 Å². The van der Waals surface area contributed by atoms with Gasteiger partial charge < -0.3 is 15.5 Å². The van der Waals surface area contributed by atoms with Crippen LogP contribution in [0.3, 0.4) is 0 Å². The summed E-state index contributed by atoms with van der Waals surface area (Å²) < 4.78 is 0. The van der Waals surface area contributed by atoms with E-state index in [4.69, 9.17) is 0 Å². The van der Waals surface area contributed by atoms with Crippen LogP contribution in [0.1, 0.15) is 16.1 Å². The van der Waals surface area contributed by atoms with Gasteiger partial charge in [0.25, 0.3) is 5.91 Å². The normalized spacial score (nSPS) is 10.5. The average Bonchev–Trinajstić information content (AvgIpc) is 2.50. The number of benzene rings is 1. The summed E-state index contributed by atoms with van der Waals surface area (Å²) in [5, 5.41) is 13.9. The summed E-state index contributed by atoms with van der Waals surface area (Å²) in [4.78, 5) is 14.1. The van der Waals surface area contributed by atoms with Gasteiger partial charge in [-0.1, -0.05) is 17.7 Å². The summed E-state index contributed by atoms with van der Waals surface area (Å²) in [6.07, 6.45) is 0. The first kappa shape index (κ1) is 15.9. The lowest BCUT2D eigenvalue weighted by Gasteiger charge is -2.10. The number of hydrogen-bond donors (Lipinski definition) is 2. The lowest BCUT2D eigenvalue weighted by atomic mass is 10.2. The third-order valence-corrected chi connectivity index (χ3v) is 3.07. The SMILES string of the molecule is Cc1ccc(NC(=O)c2ccc(NCCN(C)C)nn2)cc1. The molecule has 0 unspecified atom stereocenters. The fraction of sp³-hybridized carbons (Fsp3) is 0.312. The third-order valence-electron chi connectivity index (χ3n) is 3.07. The number of aromatic nitrogens is 2. The van der Waals surface area contributed by atoms with E-state index < -0.39 is 0 Å². The van der Waals surface area contributed by atoms with E-state index in [1.165, 1.54) is 0 Å². The minimum Gasteiger partial charge on any atom is -0.367 e. The molecule has 0 spiro atoms. The van der Waals surface area contributed by atoms with Gasteiger partial charge >= 0.3 is 0 Å². The van der Waals surface area contributed by atoms with Gasteiger partial charge in [0.1, 0.15) is 5.82 Å². The first-order valence-electron chi connectivity index (χ1n) is 7.15. The van der Waals surface area contributed by atoms with Crippen LogP contribution in [0.4, 0.5) is 11.5 Å². The Morgan fingerprint density at radius 2 is 1.82 bits per heavy atom. The molecule has 6 nitrogen and oxygen atoms in total. The molecule has 0 aliphatic heterocycles. The van der Waals surface area contributed by atoms with Crippen LogP contribution in [0.5, 0.6) is 0 Å². The number of nitrogens with zero attached hydrogens (tertiary/aromatic N) is 3. The predicted octanol–water partition coefficient (Wildman–Crippen LogP) is 2.01. The van der Waals surface area contributed by atoms with Crippen molar-refractivity contribution in [2.75, 3.05) is 37.8 Å². The Labute approximate surface area is 130 Å². The van der Waals surface area contributed by atoms with Crippen LogP contribution in [0.2, 0.25) is 0 Å². The first-order chi connectivity index (χ1) is 10.5. The second-order valence-corrected chi connectivity index (χ2v) is 5.35. The Hall–Kier alpha value is -2.47. The molecule has 1 amide bonds. The zero-order chi connectivity index (χ0) is 15.9. The highest BCUT2D eigenvalue weighted by Crippen LogP contribution is 2.10. The Kier molecular flexibility index (Phi) is 5.43. The van der Waals surface area contributed by atoms with Crippen molar-refractivity contribution in [2.45, 2.75) is 6.92 Å². The summed E-state index contributed by atoms with van der Waals surface area (Å²) in [5.41, 5.74) is 2.18. The van der Waals surface area contributed by atoms with E-state index >= 15 is 0 Å². The van der Waals surface area contributed by atoms with Crippen molar-refractivity contribution in [1.29, 1.82) is 0 Å². The van der Waals surface area contributed by atoms with Gasteiger partial charge in [0.2, 0.25) is 0 Å². The minimum atomic E-state index is -0.267. The summed E-state index contributed by atoms with van der Waals surface area (Å²) in [6.45, 7) is 3.67. The van der Waals surface area contributed by atoms with Crippen LogP contribution in [-0.4, -0.2) is 48.2 Å². The van der Waals surface area contributed by atoms with Gasteiger partial charge in [-0.05, 0) is 45.3 Å². The molecule has 22 heavy (non-hydrogen) atoms. The number of amides is 1. The number of carbonyl (C=O) groups excluding carboxylic acids is 1. The van der Waals surface area contributed by atoms with Gasteiger partial charge in [-0.25, -0.2) is 0 Å². The molecule has 116 valence electrons. The van der Waals surface area contributed by atoms with Gasteiger partial charge in [0, 0.05) is 18.8 Å². The van der Waals surface area contributed by atoms with Gasteiger partial charge in [0.15, 0.2) is 5.69 Å². The van der Waals surface area contributed by atoms with Crippen molar-refractivity contribution in [3.8, 4) is 0 Å². The smallest absolute Gasteiger partial charge is 0.276 e. The maximum absolute atomic E-state index is 12.1. The molecule has 2 N–H and O–H groups in total. The molecule has 1 aromatic carbocycles. The minimum absolute atomic E-state index is 0.267. The highest BCUT2D eigenvalue weighted by molar-refractivity contribution is 6.02. The van der Waals surface area contributed by atoms with E-state index in [9.17, 15) is 4.79 Å². The second-order valence-electron chi connectivity index (χ2n) is 5.35. The number of hydrogen-bond acceptors (Lipinski definition) is 5. The van der Waals surface area contributed by atoms with E-state index in [1.807, 2.05) is 45.3 Å². The lowest BCUT2D eigenvalue weighted by Crippen LogP contribution is -2.21. The van der Waals surface area contributed by atoms with Gasteiger partial charge in [-0.2, -0.15) is 0 Å². The van der Waals surface area contributed by atoms with E-state index in [1.54, 1.807) is 12.1 Å². The van der Waals surface area contributed by atoms with Crippen LogP contribution >= 0.6 is 0 Å². The molecule has 0 fully saturated rings. The second kappa shape index (κ2) is 7.51. The van der Waals surface area contributed by atoms with Crippen molar-refractivity contribution in [1.82, 2.24) is 15.1 Å². The van der Waals surface area contributed by atoms with Crippen molar-refractivity contribution >= 4 is 17.4 Å². The number of nitrogens with one attached hydrogen (secondary N) is 2. The van der Waals surface area contributed by atoms with Crippen molar-refractivity contribution in [3.05, 3.63) is 47.7 Å². The molecule has 0 aliphatic rings. The highest BCUT2D eigenvalue weighted by Gasteiger charge is 2.08. The molecule has 0 saturated carbocycles. The molecule has 0 atom stereocenters. The summed E-state index contributed by atoms with van der Waals surface area (Å²) >= 11 is 0. The van der Waals surface area contributed by atoms with Crippen LogP contribution in [-0.2, 0) is 0 Å². The summed E-state index contributed by atoms with van der Waals surface area (Å²) in [7, 11) is 4.01. The maximum atomic E-state index is 12.1. The van der Waals surface area contributed by atoms with Crippen LogP contribution < -0.4 is 10.6 Å². The number of anilines is 2. The maximum Gasteiger partial charge on any atom is 0.276 e. The first-order valence-corrected chi connectivity index (χ1v) is 7.15. The monoisotopic (exact) mass is 299 g/mol. The van der Waals surface area contributed by atoms with E-state index in [0.717, 1.165) is 24.3 Å². The Balaban J connectivity index is 1.91. The summed E-state index contributed by atoms with van der Waals surface area (Å²) in [6, 6.07) is 11.0. The quantitative estimate of drug-likeness (QED) is 0.854. The zero-order valence-electron chi connectivity index (χ0n) is 13.1. The number of aryl methyl sites for hydroxylation is 1. The molecule has 0 bridgehead atoms. The van der Waals surface area contributed by atoms with E-state index in [-0.39, 0.29) is 5.91 Å². The standard InChI is InChI=1S/C16H21N5O/c1-12-4-6-13(7-5-12)18-16(22)14-8-9-15(20-19-14)17-10-11-21(2)3/h4-9H,10-11H2,1-3H3,(H,17,20)(H,18,22). The van der Waals surface area contributed by atoms with Crippen LogP contribution in [0.25, 0.3) is 0 Å². The number of rotatable bonds is 6. The van der Waals surface area contributed by atoms with Crippen molar-refractivity contribution in [3.63, 3.8) is 0 Å². The third kappa shape index (κ3) is 4.82. The topological polar surface area (TPSA) is 70.2 Å². The van der Waals surface area contributed by atoms with Crippen LogP contribution in [0, 0.1) is 6.92 Å². The molecular weight excluding hydrogens is 278 g/mol. The largest absolute Gasteiger partial charge is 0.367 e. The van der Waals surface area contributed by atoms with Crippen molar-refractivity contribution in [2.24, 2.45) is 0 Å². The number of carbonyl (C=O) groups is 1. The average molecular weight is 299 g/mol. The Bertz CT molecular complexity index is 607. The van der Waals surface area contributed by atoms with Crippen LogP contribution in [0.15, 0.2) is 36.4 Å². The fourth-order valence-electron chi connectivity index (χ4n) is 1.79. The molecular formula is C16H21N5O. The van der Waals surface area contributed by atoms with Crippen molar-refractivity contribution < 1.29 is 4.79 Å². The molecule has 0 aliphatic carbocycles. The number of likely N-dealkylation sites (N-methyl/N-ethyl adjacent to an activating group) is 1. The van der Waals surface area contributed by atoms with E-state index in [0.29, 0.717) is 11.5 Å². The predicted molar refractivity (Wildman–Crippen MR) is 88.2 cm³/mol. The molecule has 0 saturated heterocycles. The Morgan fingerprint density at radius 1 is 1.09 bits per heavy atom. The lowest BCUT2D eigenvalue weighted by molar-refractivity contribution is 0.102. The molecule has 2 aromatic rings. The summed E-state index contributed by atoms with van der Waals surface area (Å²) in [5.74, 6) is 0.393. The van der Waals surface area contributed by atoms with Gasteiger partial charge in [-0.15, -0.1) is 10.2 Å². The molecule has 0 radical (unpaired) electrons. The molecule has 1 aromatic heterocycles. The molecule has 2 rings (SSSR count). The van der Waals surface area contributed by atoms with Gasteiger partial charge in [-0.3, -0.25) is 4.79 Å². The van der Waals surface area contributed by atoms with E-state index in [2.05, 4.69) is 25.7 Å². The molecule has 1 heterocycles. The zero-order valence-corrected chi connectivity index (χ0v) is 13.1. The Morgan fingerprint density at radius 3 is 2.41 bits per heavy atom. The highest BCUT2D eigenvalue weighted by atomic mass is 16.1. The fourth-order valence-corrected chi connectivity index (χ4v) is 1.79.